The highest BCUT2D eigenvalue weighted by Gasteiger charge is 2.28. The van der Waals surface area contributed by atoms with Gasteiger partial charge < -0.3 is 15.0 Å². The van der Waals surface area contributed by atoms with Crippen LogP contribution in [0.15, 0.2) is 0 Å². The van der Waals surface area contributed by atoms with Gasteiger partial charge in [-0.1, -0.05) is 0 Å². The number of rotatable bonds is 1. The Balaban J connectivity index is 2.05. The summed E-state index contributed by atoms with van der Waals surface area (Å²) in [5, 5.41) is 12.1. The maximum atomic E-state index is 12.0. The summed E-state index contributed by atoms with van der Waals surface area (Å²) in [6.45, 7) is 6.43. The van der Waals surface area contributed by atoms with E-state index in [-0.39, 0.29) is 12.1 Å². The molecule has 116 valence electrons. The number of ether oxygens (including phenoxy) is 1. The Morgan fingerprint density at radius 3 is 2.71 bits per heavy atom. The molecular formula is C13H21N5O3. The number of hydrogen-bond acceptors (Lipinski definition) is 4. The summed E-state index contributed by atoms with van der Waals surface area (Å²) in [4.78, 5) is 25.0. The Bertz CT molecular complexity index is 546. The zero-order valence-corrected chi connectivity index (χ0v) is 12.7. The first-order valence-electron chi connectivity index (χ1n) is 6.83. The fraction of sp³-hybridized carbons (Fsp3) is 0.615. The maximum absolute atomic E-state index is 12.0. The summed E-state index contributed by atoms with van der Waals surface area (Å²) in [7, 11) is 1.54. The average Bonchev–Trinajstić information content (AvgIpc) is 2.79. The molecular weight excluding hydrogens is 274 g/mol. The van der Waals surface area contributed by atoms with Crippen LogP contribution in [0, 0.1) is 0 Å². The van der Waals surface area contributed by atoms with Gasteiger partial charge in [-0.05, 0) is 27.2 Å². The Morgan fingerprint density at radius 2 is 2.10 bits per heavy atom. The smallest absolute Gasteiger partial charge is 0.410 e. The SMILES string of the molecule is CNC(=O)Nc1n[nH]c2c1CCN(C(=O)OC(C)(C)C)C2. The number of carbonyl (C=O) groups is 2. The van der Waals surface area contributed by atoms with Gasteiger partial charge in [-0.15, -0.1) is 0 Å². The zero-order valence-electron chi connectivity index (χ0n) is 12.7. The predicted molar refractivity (Wildman–Crippen MR) is 77.0 cm³/mol. The summed E-state index contributed by atoms with van der Waals surface area (Å²) in [6, 6.07) is -0.320. The van der Waals surface area contributed by atoms with Gasteiger partial charge in [-0.25, -0.2) is 9.59 Å². The highest BCUT2D eigenvalue weighted by Crippen LogP contribution is 2.24. The van der Waals surface area contributed by atoms with Crippen LogP contribution >= 0.6 is 0 Å². The predicted octanol–water partition coefficient (Wildman–Crippen LogP) is 1.45. The number of aromatic amines is 1. The molecule has 0 atom stereocenters. The van der Waals surface area contributed by atoms with Crippen molar-refractivity contribution in [2.45, 2.75) is 39.3 Å². The van der Waals surface area contributed by atoms with Gasteiger partial charge in [0.05, 0.1) is 12.2 Å². The van der Waals surface area contributed by atoms with E-state index in [4.69, 9.17) is 4.74 Å². The van der Waals surface area contributed by atoms with Crippen molar-refractivity contribution in [2.24, 2.45) is 0 Å². The lowest BCUT2D eigenvalue weighted by molar-refractivity contribution is 0.0221. The lowest BCUT2D eigenvalue weighted by Crippen LogP contribution is -2.40. The molecule has 8 nitrogen and oxygen atoms in total. The number of nitrogens with one attached hydrogen (secondary N) is 3. The minimum atomic E-state index is -0.517. The Hall–Kier alpha value is -2.25. The molecule has 3 N–H and O–H groups in total. The van der Waals surface area contributed by atoms with Gasteiger partial charge in [0.25, 0.3) is 0 Å². The Kier molecular flexibility index (Phi) is 4.06. The fourth-order valence-electron chi connectivity index (χ4n) is 2.07. The topological polar surface area (TPSA) is 99.4 Å². The van der Waals surface area contributed by atoms with E-state index >= 15 is 0 Å². The van der Waals surface area contributed by atoms with Gasteiger partial charge in [0.15, 0.2) is 5.82 Å². The van der Waals surface area contributed by atoms with Crippen LogP contribution in [0.1, 0.15) is 32.0 Å². The number of carbonyl (C=O) groups excluding carboxylic acids is 2. The van der Waals surface area contributed by atoms with Crippen molar-refractivity contribution in [2.75, 3.05) is 18.9 Å². The molecule has 1 aliphatic rings. The van der Waals surface area contributed by atoms with E-state index in [1.165, 1.54) is 0 Å². The number of fused-ring (bicyclic) bond motifs is 1. The third-order valence-corrected chi connectivity index (χ3v) is 3.04. The zero-order chi connectivity index (χ0) is 15.6. The van der Waals surface area contributed by atoms with Gasteiger partial charge in [0.2, 0.25) is 0 Å². The lowest BCUT2D eigenvalue weighted by Gasteiger charge is -2.29. The third kappa shape index (κ3) is 3.65. The normalized spacial score (nSPS) is 14.4. The quantitative estimate of drug-likeness (QED) is 0.730. The molecule has 2 heterocycles. The number of aromatic nitrogens is 2. The van der Waals surface area contributed by atoms with Crippen LogP contribution in [-0.4, -0.2) is 46.4 Å². The average molecular weight is 295 g/mol. The minimum absolute atomic E-state index is 0.320. The summed E-state index contributed by atoms with van der Waals surface area (Å²) in [6.07, 6.45) is 0.272. The molecule has 8 heteroatoms. The van der Waals surface area contributed by atoms with Crippen LogP contribution < -0.4 is 10.6 Å². The van der Waals surface area contributed by atoms with Crippen molar-refractivity contribution in [3.05, 3.63) is 11.3 Å². The first-order chi connectivity index (χ1) is 9.80. The maximum Gasteiger partial charge on any atom is 0.410 e. The van der Waals surface area contributed by atoms with Crippen molar-refractivity contribution in [1.82, 2.24) is 20.4 Å². The molecule has 0 saturated carbocycles. The molecule has 0 radical (unpaired) electrons. The standard InChI is InChI=1S/C13H21N5O3/c1-13(2,3)21-12(20)18-6-5-8-9(7-18)16-17-10(8)15-11(19)14-4/h5-7H2,1-4H3,(H3,14,15,16,17,19). The molecule has 0 aromatic carbocycles. The highest BCUT2D eigenvalue weighted by atomic mass is 16.6. The number of H-pyrrole nitrogens is 1. The second-order valence-electron chi connectivity index (χ2n) is 5.89. The summed E-state index contributed by atoms with van der Waals surface area (Å²) in [5.74, 6) is 0.508. The number of amides is 3. The van der Waals surface area contributed by atoms with E-state index in [9.17, 15) is 9.59 Å². The molecule has 1 aliphatic heterocycles. The van der Waals surface area contributed by atoms with Crippen molar-refractivity contribution in [3.63, 3.8) is 0 Å². The number of anilines is 1. The second-order valence-corrected chi connectivity index (χ2v) is 5.89. The molecule has 0 fully saturated rings. The van der Waals surface area contributed by atoms with Crippen molar-refractivity contribution in [1.29, 1.82) is 0 Å². The van der Waals surface area contributed by atoms with E-state index < -0.39 is 5.60 Å². The van der Waals surface area contributed by atoms with Crippen LogP contribution in [0.4, 0.5) is 15.4 Å². The number of urea groups is 1. The van der Waals surface area contributed by atoms with Gasteiger partial charge >= 0.3 is 12.1 Å². The van der Waals surface area contributed by atoms with Crippen molar-refractivity contribution < 1.29 is 14.3 Å². The van der Waals surface area contributed by atoms with E-state index in [0.29, 0.717) is 25.3 Å². The largest absolute Gasteiger partial charge is 0.444 e. The molecule has 1 aromatic heterocycles. The van der Waals surface area contributed by atoms with Crippen LogP contribution in [0.3, 0.4) is 0 Å². The molecule has 0 bridgehead atoms. The van der Waals surface area contributed by atoms with E-state index in [1.807, 2.05) is 20.8 Å². The molecule has 0 aliphatic carbocycles. The monoisotopic (exact) mass is 295 g/mol. The van der Waals surface area contributed by atoms with E-state index in [2.05, 4.69) is 20.8 Å². The Labute approximate surface area is 123 Å². The summed E-state index contributed by atoms with van der Waals surface area (Å²) in [5.41, 5.74) is 1.23. The van der Waals surface area contributed by atoms with Crippen molar-refractivity contribution >= 4 is 17.9 Å². The van der Waals surface area contributed by atoms with Gasteiger partial charge in [-0.3, -0.25) is 10.4 Å². The first-order valence-corrected chi connectivity index (χ1v) is 6.83. The van der Waals surface area contributed by atoms with Crippen LogP contribution in [-0.2, 0) is 17.7 Å². The Morgan fingerprint density at radius 1 is 1.38 bits per heavy atom. The summed E-state index contributed by atoms with van der Waals surface area (Å²) < 4.78 is 5.35. The van der Waals surface area contributed by atoms with Gasteiger partial charge in [-0.2, -0.15) is 5.10 Å². The molecule has 0 saturated heterocycles. The first kappa shape index (κ1) is 15.1. The molecule has 3 amide bonds. The van der Waals surface area contributed by atoms with Gasteiger partial charge in [0.1, 0.15) is 5.60 Å². The lowest BCUT2D eigenvalue weighted by atomic mass is 10.1. The molecule has 2 rings (SSSR count). The van der Waals surface area contributed by atoms with Crippen LogP contribution in [0.5, 0.6) is 0 Å². The molecule has 21 heavy (non-hydrogen) atoms. The highest BCUT2D eigenvalue weighted by molar-refractivity contribution is 5.88. The minimum Gasteiger partial charge on any atom is -0.444 e. The van der Waals surface area contributed by atoms with Crippen LogP contribution in [0.25, 0.3) is 0 Å². The molecule has 1 aromatic rings. The van der Waals surface area contributed by atoms with Crippen molar-refractivity contribution in [3.8, 4) is 0 Å². The van der Waals surface area contributed by atoms with E-state index in [0.717, 1.165) is 11.3 Å². The fourth-order valence-corrected chi connectivity index (χ4v) is 2.07. The third-order valence-electron chi connectivity index (χ3n) is 3.04. The number of nitrogens with zero attached hydrogens (tertiary/aromatic N) is 2. The van der Waals surface area contributed by atoms with E-state index in [1.54, 1.807) is 11.9 Å². The van der Waals surface area contributed by atoms with Gasteiger partial charge in [0, 0.05) is 19.2 Å². The van der Waals surface area contributed by atoms with Crippen LogP contribution in [0.2, 0.25) is 0 Å². The molecule has 0 unspecified atom stereocenters. The number of hydrogen-bond donors (Lipinski definition) is 3. The summed E-state index contributed by atoms with van der Waals surface area (Å²) >= 11 is 0. The second kappa shape index (κ2) is 5.63. The molecule has 0 spiro atoms.